The summed E-state index contributed by atoms with van der Waals surface area (Å²) in [4.78, 5) is 13.4. The molecule has 0 saturated carbocycles. The van der Waals surface area contributed by atoms with Crippen LogP contribution in [0.1, 0.15) is 35.3 Å². The highest BCUT2D eigenvalue weighted by Crippen LogP contribution is 2.19. The molecule has 0 aliphatic carbocycles. The fourth-order valence-electron chi connectivity index (χ4n) is 1.38. The molecule has 0 N–H and O–H groups in total. The minimum atomic E-state index is -3.34. The van der Waals surface area contributed by atoms with E-state index >= 15 is 0 Å². The quantitative estimate of drug-likeness (QED) is 0.776. The van der Waals surface area contributed by atoms with Crippen LogP contribution in [0, 0.1) is 12.8 Å². The van der Waals surface area contributed by atoms with Gasteiger partial charge in [0.05, 0.1) is 10.1 Å². The molecule has 3 nitrogen and oxygen atoms in total. The summed E-state index contributed by atoms with van der Waals surface area (Å²) in [5.41, 5.74) is 0. The van der Waals surface area contributed by atoms with Gasteiger partial charge in [-0.15, -0.1) is 11.3 Å². The minimum absolute atomic E-state index is 0.0258. The van der Waals surface area contributed by atoms with Crippen molar-refractivity contribution in [3.8, 4) is 0 Å². The smallest absolute Gasteiger partial charge is 0.187 e. The number of sulfone groups is 1. The molecule has 1 heterocycles. The third kappa shape index (κ3) is 3.64. The normalized spacial score (nSPS) is 13.9. The Bertz CT molecular complexity index is 498. The fourth-order valence-corrected chi connectivity index (χ4v) is 3.89. The number of thiophene rings is 1. The summed E-state index contributed by atoms with van der Waals surface area (Å²) in [6.07, 6.45) is 0. The number of Topliss-reactive ketones (excluding diaryl/α,β-unsaturated/α-hetero) is 1. The second-order valence-corrected chi connectivity index (χ2v) is 8.24. The molecule has 1 aromatic rings. The second kappa shape index (κ2) is 5.31. The molecule has 17 heavy (non-hydrogen) atoms. The van der Waals surface area contributed by atoms with Crippen molar-refractivity contribution in [1.82, 2.24) is 0 Å². The molecule has 0 saturated heterocycles. The third-order valence-corrected chi connectivity index (χ3v) is 6.24. The molecule has 0 fully saturated rings. The molecular formula is C12H18O3S2. The van der Waals surface area contributed by atoms with Gasteiger partial charge in [-0.05, 0) is 31.9 Å². The monoisotopic (exact) mass is 274 g/mol. The van der Waals surface area contributed by atoms with Crippen molar-refractivity contribution in [2.24, 2.45) is 5.92 Å². The lowest BCUT2D eigenvalue weighted by Gasteiger charge is -2.15. The molecule has 0 spiro atoms. The molecule has 1 atom stereocenters. The zero-order valence-electron chi connectivity index (χ0n) is 10.6. The van der Waals surface area contributed by atoms with E-state index in [-0.39, 0.29) is 17.5 Å². The summed E-state index contributed by atoms with van der Waals surface area (Å²) in [7, 11) is -3.34. The number of hydrogen-bond acceptors (Lipinski definition) is 4. The number of ketones is 1. The Kier molecular flexibility index (Phi) is 4.49. The highest BCUT2D eigenvalue weighted by atomic mass is 32.2. The van der Waals surface area contributed by atoms with E-state index in [1.165, 1.54) is 11.3 Å². The van der Waals surface area contributed by atoms with Crippen LogP contribution in [0.25, 0.3) is 0 Å². The highest BCUT2D eigenvalue weighted by Gasteiger charge is 2.27. The van der Waals surface area contributed by atoms with Crippen LogP contribution in [0.3, 0.4) is 0 Å². The highest BCUT2D eigenvalue weighted by molar-refractivity contribution is 7.92. The summed E-state index contributed by atoms with van der Waals surface area (Å²) in [6.45, 7) is 7.25. The predicted molar refractivity (Wildman–Crippen MR) is 71.5 cm³/mol. The van der Waals surface area contributed by atoms with Gasteiger partial charge in [0, 0.05) is 4.88 Å². The lowest BCUT2D eigenvalue weighted by atomic mass is 10.2. The van der Waals surface area contributed by atoms with Crippen LogP contribution >= 0.6 is 11.3 Å². The SMILES string of the molecule is Cc1ccc(C(=O)CS(=O)(=O)C(C)C(C)C)s1. The molecule has 0 bridgehead atoms. The standard InChI is InChI=1S/C12H18O3S2/c1-8(2)10(4)17(14,15)7-11(13)12-6-5-9(3)16-12/h5-6,8,10H,7H2,1-4H3. The first-order chi connectivity index (χ1) is 7.74. The topological polar surface area (TPSA) is 51.2 Å². The molecule has 0 radical (unpaired) electrons. The molecule has 0 aliphatic rings. The largest absolute Gasteiger partial charge is 0.292 e. The summed E-state index contributed by atoms with van der Waals surface area (Å²) in [5.74, 6) is -0.653. The van der Waals surface area contributed by atoms with E-state index in [9.17, 15) is 13.2 Å². The molecule has 1 aromatic heterocycles. The van der Waals surface area contributed by atoms with E-state index in [0.29, 0.717) is 4.88 Å². The minimum Gasteiger partial charge on any atom is -0.292 e. The van der Waals surface area contributed by atoms with Crippen LogP contribution in [-0.2, 0) is 9.84 Å². The van der Waals surface area contributed by atoms with Crippen molar-refractivity contribution in [3.05, 3.63) is 21.9 Å². The molecule has 1 unspecified atom stereocenters. The second-order valence-electron chi connectivity index (χ2n) is 4.59. The Labute approximate surface area is 107 Å². The Balaban J connectivity index is 2.82. The van der Waals surface area contributed by atoms with Crippen molar-refractivity contribution in [2.45, 2.75) is 32.9 Å². The van der Waals surface area contributed by atoms with E-state index in [2.05, 4.69) is 0 Å². The van der Waals surface area contributed by atoms with Crippen LogP contribution in [-0.4, -0.2) is 25.2 Å². The number of carbonyl (C=O) groups is 1. The number of aryl methyl sites for hydroxylation is 1. The van der Waals surface area contributed by atoms with E-state index in [1.807, 2.05) is 26.8 Å². The Hall–Kier alpha value is -0.680. The summed E-state index contributed by atoms with van der Waals surface area (Å²) < 4.78 is 23.9. The maximum absolute atomic E-state index is 11.9. The fraction of sp³-hybridized carbons (Fsp3) is 0.583. The molecule has 0 aliphatic heterocycles. The molecule has 1 rings (SSSR count). The van der Waals surface area contributed by atoms with Crippen LogP contribution in [0.15, 0.2) is 12.1 Å². The van der Waals surface area contributed by atoms with E-state index in [4.69, 9.17) is 0 Å². The first kappa shape index (κ1) is 14.4. The average Bonchev–Trinajstić information content (AvgIpc) is 2.63. The van der Waals surface area contributed by atoms with Gasteiger partial charge in [-0.2, -0.15) is 0 Å². The van der Waals surface area contributed by atoms with Crippen LogP contribution < -0.4 is 0 Å². The van der Waals surface area contributed by atoms with Crippen molar-refractivity contribution in [2.75, 3.05) is 5.75 Å². The molecular weight excluding hydrogens is 256 g/mol. The zero-order valence-corrected chi connectivity index (χ0v) is 12.2. The Morgan fingerprint density at radius 3 is 2.29 bits per heavy atom. The first-order valence-electron chi connectivity index (χ1n) is 5.55. The maximum Gasteiger partial charge on any atom is 0.187 e. The number of hydrogen-bond donors (Lipinski definition) is 0. The average molecular weight is 274 g/mol. The molecule has 0 aromatic carbocycles. The molecule has 0 amide bonds. The van der Waals surface area contributed by atoms with Crippen molar-refractivity contribution >= 4 is 27.0 Å². The van der Waals surface area contributed by atoms with E-state index in [1.54, 1.807) is 13.0 Å². The van der Waals surface area contributed by atoms with Crippen molar-refractivity contribution in [3.63, 3.8) is 0 Å². The maximum atomic E-state index is 11.9. The number of rotatable bonds is 5. The molecule has 96 valence electrons. The van der Waals surface area contributed by atoms with Crippen LogP contribution in [0.4, 0.5) is 0 Å². The summed E-state index contributed by atoms with van der Waals surface area (Å²) in [6, 6.07) is 3.52. The van der Waals surface area contributed by atoms with Gasteiger partial charge in [-0.3, -0.25) is 4.79 Å². The van der Waals surface area contributed by atoms with Gasteiger partial charge >= 0.3 is 0 Å². The van der Waals surface area contributed by atoms with Crippen molar-refractivity contribution in [1.29, 1.82) is 0 Å². The van der Waals surface area contributed by atoms with Gasteiger partial charge in [0.15, 0.2) is 15.6 Å². The van der Waals surface area contributed by atoms with Gasteiger partial charge in [-0.25, -0.2) is 8.42 Å². The van der Waals surface area contributed by atoms with Crippen molar-refractivity contribution < 1.29 is 13.2 Å². The number of carbonyl (C=O) groups excluding carboxylic acids is 1. The lowest BCUT2D eigenvalue weighted by Crippen LogP contribution is -2.29. The van der Waals surface area contributed by atoms with E-state index < -0.39 is 15.1 Å². The lowest BCUT2D eigenvalue weighted by molar-refractivity contribution is 0.102. The van der Waals surface area contributed by atoms with Crippen LogP contribution in [0.5, 0.6) is 0 Å². The van der Waals surface area contributed by atoms with Crippen LogP contribution in [0.2, 0.25) is 0 Å². The third-order valence-electron chi connectivity index (χ3n) is 2.85. The Morgan fingerprint density at radius 2 is 1.88 bits per heavy atom. The van der Waals surface area contributed by atoms with Gasteiger partial charge in [0.25, 0.3) is 0 Å². The summed E-state index contributed by atoms with van der Waals surface area (Å²) in [5, 5.41) is -0.479. The predicted octanol–water partition coefficient (Wildman–Crippen LogP) is 2.70. The summed E-state index contributed by atoms with van der Waals surface area (Å²) >= 11 is 1.34. The Morgan fingerprint density at radius 1 is 1.29 bits per heavy atom. The molecule has 5 heteroatoms. The first-order valence-corrected chi connectivity index (χ1v) is 8.08. The van der Waals surface area contributed by atoms with Gasteiger partial charge in [0.2, 0.25) is 0 Å². The van der Waals surface area contributed by atoms with Gasteiger partial charge in [0.1, 0.15) is 5.75 Å². The zero-order chi connectivity index (χ0) is 13.2. The van der Waals surface area contributed by atoms with E-state index in [0.717, 1.165) is 4.88 Å². The van der Waals surface area contributed by atoms with Gasteiger partial charge in [-0.1, -0.05) is 13.8 Å². The van der Waals surface area contributed by atoms with Gasteiger partial charge < -0.3 is 0 Å².